The highest BCUT2D eigenvalue weighted by molar-refractivity contribution is 9.10. The molecular weight excluding hydrogens is 282 g/mol. The topological polar surface area (TPSA) is 35.3 Å². The molecule has 4 heteroatoms. The first kappa shape index (κ1) is 12.0. The number of hydrogen-bond acceptors (Lipinski definition) is 3. The number of rotatable bonds is 4. The van der Waals surface area contributed by atoms with Crippen LogP contribution < -0.4 is 4.74 Å². The third-order valence-corrected chi connectivity index (χ3v) is 2.77. The number of hydrogen-bond donors (Lipinski definition) is 0. The fraction of sp³-hybridized carbons (Fsp3) is 0.308. The van der Waals surface area contributed by atoms with Gasteiger partial charge < -0.3 is 9.26 Å². The first-order valence-corrected chi connectivity index (χ1v) is 6.17. The van der Waals surface area contributed by atoms with Crippen molar-refractivity contribution in [3.8, 4) is 17.0 Å². The molecule has 0 aliphatic carbocycles. The molecule has 0 N–H and O–H groups in total. The zero-order chi connectivity index (χ0) is 12.3. The van der Waals surface area contributed by atoms with Gasteiger partial charge in [-0.3, -0.25) is 0 Å². The lowest BCUT2D eigenvalue weighted by molar-refractivity contribution is 0.383. The Balaban J connectivity index is 2.40. The van der Waals surface area contributed by atoms with Gasteiger partial charge in [0.2, 0.25) is 0 Å². The monoisotopic (exact) mass is 293 g/mol. The number of halogens is 1. The van der Waals surface area contributed by atoms with Crippen molar-refractivity contribution in [3.63, 3.8) is 0 Å². The number of methoxy groups -OCH3 is 1. The van der Waals surface area contributed by atoms with Crippen LogP contribution in [-0.4, -0.2) is 12.3 Å². The fourth-order valence-electron chi connectivity index (χ4n) is 1.57. The zero-order valence-corrected chi connectivity index (χ0v) is 11.3. The standard InChI is InChI=1S/C13H12BrNO2/c1-3-4-10-8-12(15-17-10)11-7-9(14)5-6-13(11)16-2/h7-8H,3-4H2,1-2H3. The predicted molar refractivity (Wildman–Crippen MR) is 67.9 cm³/mol. The molecule has 0 amide bonds. The lowest BCUT2D eigenvalue weighted by Gasteiger charge is -2.01. The van der Waals surface area contributed by atoms with E-state index in [9.17, 15) is 0 Å². The predicted octanol–water partition coefficient (Wildman–Crippen LogP) is 3.67. The van der Waals surface area contributed by atoms with E-state index in [1.54, 1.807) is 7.11 Å². The van der Waals surface area contributed by atoms with Crippen molar-refractivity contribution in [2.75, 3.05) is 7.11 Å². The Hall–Kier alpha value is -1.47. The Labute approximate surface area is 109 Å². The van der Waals surface area contributed by atoms with E-state index in [2.05, 4.69) is 40.1 Å². The van der Waals surface area contributed by atoms with Gasteiger partial charge in [-0.1, -0.05) is 18.1 Å². The van der Waals surface area contributed by atoms with Gasteiger partial charge in [0.25, 0.3) is 0 Å². The largest absolute Gasteiger partial charge is 0.488 e. The van der Waals surface area contributed by atoms with Crippen LogP contribution in [0.4, 0.5) is 0 Å². The highest BCUT2D eigenvalue weighted by Crippen LogP contribution is 2.29. The molecule has 17 heavy (non-hydrogen) atoms. The third-order valence-electron chi connectivity index (χ3n) is 2.35. The third kappa shape index (κ3) is 2.62. The van der Waals surface area contributed by atoms with Gasteiger partial charge in [-0.2, -0.15) is 0 Å². The Morgan fingerprint density at radius 2 is 2.24 bits per heavy atom. The quantitative estimate of drug-likeness (QED) is 0.863. The summed E-state index contributed by atoms with van der Waals surface area (Å²) >= 11 is 3.36. The summed E-state index contributed by atoms with van der Waals surface area (Å²) in [4.78, 5) is 0. The van der Waals surface area contributed by atoms with Crippen LogP contribution in [0, 0.1) is 12.1 Å². The molecule has 0 bridgehead atoms. The summed E-state index contributed by atoms with van der Waals surface area (Å²) in [5.74, 6) is 1.50. The summed E-state index contributed by atoms with van der Waals surface area (Å²) in [6.07, 6.45) is 1.92. The van der Waals surface area contributed by atoms with Crippen LogP contribution in [0.2, 0.25) is 0 Å². The molecule has 0 saturated heterocycles. The number of ether oxygens (including phenoxy) is 1. The van der Waals surface area contributed by atoms with Crippen molar-refractivity contribution >= 4 is 15.9 Å². The Bertz CT molecular complexity index is 508. The van der Waals surface area contributed by atoms with Crippen LogP contribution in [0.1, 0.15) is 19.1 Å². The summed E-state index contributed by atoms with van der Waals surface area (Å²) in [6, 6.07) is 9.64. The summed E-state index contributed by atoms with van der Waals surface area (Å²) in [6.45, 7) is 2.10. The van der Waals surface area contributed by atoms with Crippen LogP contribution in [0.15, 0.2) is 21.1 Å². The van der Waals surface area contributed by atoms with Gasteiger partial charge in [-0.25, -0.2) is 0 Å². The molecule has 0 radical (unpaired) electrons. The normalized spacial score (nSPS) is 10.1. The number of aromatic nitrogens is 1. The average Bonchev–Trinajstić information content (AvgIpc) is 2.78. The van der Waals surface area contributed by atoms with Crippen LogP contribution in [0.5, 0.6) is 5.75 Å². The molecule has 1 heterocycles. The van der Waals surface area contributed by atoms with E-state index < -0.39 is 0 Å². The summed E-state index contributed by atoms with van der Waals surface area (Å²) in [7, 11) is 1.60. The first-order chi connectivity index (χ1) is 8.24. The summed E-state index contributed by atoms with van der Waals surface area (Å²) < 4.78 is 11.3. The van der Waals surface area contributed by atoms with Crippen molar-refractivity contribution in [1.29, 1.82) is 0 Å². The van der Waals surface area contributed by atoms with Gasteiger partial charge in [0.15, 0.2) is 5.75 Å². The van der Waals surface area contributed by atoms with Crippen molar-refractivity contribution in [2.24, 2.45) is 0 Å². The maximum atomic E-state index is 5.25. The van der Waals surface area contributed by atoms with Crippen LogP contribution in [-0.2, 0) is 6.42 Å². The van der Waals surface area contributed by atoms with Crippen molar-refractivity contribution in [2.45, 2.75) is 19.8 Å². The van der Waals surface area contributed by atoms with Crippen molar-refractivity contribution < 1.29 is 9.26 Å². The molecule has 0 saturated carbocycles. The minimum Gasteiger partial charge on any atom is -0.488 e. The molecule has 2 rings (SSSR count). The molecule has 0 spiro atoms. The van der Waals surface area contributed by atoms with E-state index in [0.717, 1.165) is 34.3 Å². The van der Waals surface area contributed by atoms with E-state index >= 15 is 0 Å². The molecular formula is C13H12BrNO2. The van der Waals surface area contributed by atoms with Gasteiger partial charge in [-0.05, 0) is 34.5 Å². The second-order valence-corrected chi connectivity index (χ2v) is 4.47. The van der Waals surface area contributed by atoms with Crippen LogP contribution >= 0.6 is 15.9 Å². The Kier molecular flexibility index (Phi) is 3.70. The molecule has 0 fully saturated rings. The molecule has 0 atom stereocenters. The zero-order valence-electron chi connectivity index (χ0n) is 9.71. The lowest BCUT2D eigenvalue weighted by atomic mass is 10.1. The maximum absolute atomic E-state index is 5.25. The molecule has 0 aliphatic rings. The van der Waals surface area contributed by atoms with E-state index in [4.69, 9.17) is 9.26 Å². The van der Waals surface area contributed by atoms with Crippen LogP contribution in [0.25, 0.3) is 11.3 Å². The Morgan fingerprint density at radius 3 is 2.94 bits per heavy atom. The maximum Gasteiger partial charge on any atom is 0.179 e. The van der Waals surface area contributed by atoms with E-state index in [-0.39, 0.29) is 0 Å². The molecule has 1 aromatic carbocycles. The van der Waals surface area contributed by atoms with E-state index in [1.165, 1.54) is 0 Å². The number of aryl methyl sites for hydroxylation is 1. The van der Waals surface area contributed by atoms with E-state index in [1.807, 2.05) is 12.1 Å². The molecule has 2 aromatic rings. The second-order valence-electron chi connectivity index (χ2n) is 3.62. The van der Waals surface area contributed by atoms with Gasteiger partial charge in [0, 0.05) is 12.5 Å². The molecule has 1 aromatic heterocycles. The summed E-state index contributed by atoms with van der Waals surface area (Å²) in [5, 5.41) is 4.05. The van der Waals surface area contributed by atoms with E-state index in [0.29, 0.717) is 5.75 Å². The highest BCUT2D eigenvalue weighted by atomic mass is 79.9. The lowest BCUT2D eigenvalue weighted by Crippen LogP contribution is -1.86. The van der Waals surface area contributed by atoms with Crippen LogP contribution in [0.3, 0.4) is 0 Å². The molecule has 0 unspecified atom stereocenters. The van der Waals surface area contributed by atoms with Crippen molar-refractivity contribution in [3.05, 3.63) is 34.5 Å². The minimum atomic E-state index is 0.615. The second kappa shape index (κ2) is 5.24. The molecule has 0 aliphatic heterocycles. The van der Waals surface area contributed by atoms with Crippen molar-refractivity contribution in [1.82, 2.24) is 5.16 Å². The fourth-order valence-corrected chi connectivity index (χ4v) is 1.90. The smallest absolute Gasteiger partial charge is 0.179 e. The highest BCUT2D eigenvalue weighted by Gasteiger charge is 2.11. The molecule has 3 nitrogen and oxygen atoms in total. The van der Waals surface area contributed by atoms with Gasteiger partial charge in [0.05, 0.1) is 17.1 Å². The first-order valence-electron chi connectivity index (χ1n) is 5.38. The Morgan fingerprint density at radius 1 is 1.41 bits per heavy atom. The SMILES string of the molecule is CCCc1cc(-c2cc(Br)c#cc2OC)no1. The van der Waals surface area contributed by atoms with Gasteiger partial charge >= 0.3 is 0 Å². The number of nitrogens with zero attached hydrogens (tertiary/aromatic N) is 1. The molecule has 88 valence electrons. The minimum absolute atomic E-state index is 0.615. The summed E-state index contributed by atoms with van der Waals surface area (Å²) in [5.41, 5.74) is 1.61. The van der Waals surface area contributed by atoms with Gasteiger partial charge in [-0.15, -0.1) is 0 Å². The average molecular weight is 294 g/mol. The van der Waals surface area contributed by atoms with Gasteiger partial charge in [0.1, 0.15) is 11.5 Å².